The lowest BCUT2D eigenvalue weighted by molar-refractivity contribution is -0.139. The van der Waals surface area contributed by atoms with Crippen molar-refractivity contribution in [2.75, 3.05) is 19.9 Å². The van der Waals surface area contributed by atoms with Crippen LogP contribution in [0.2, 0.25) is 0 Å². The van der Waals surface area contributed by atoms with E-state index in [-0.39, 0.29) is 12.7 Å². The molecule has 2 heterocycles. The van der Waals surface area contributed by atoms with Crippen molar-refractivity contribution in [3.63, 3.8) is 0 Å². The van der Waals surface area contributed by atoms with Gasteiger partial charge in [-0.25, -0.2) is 4.79 Å². The third kappa shape index (κ3) is 3.57. The molecular weight excluding hydrogens is 298 g/mol. The van der Waals surface area contributed by atoms with Crippen LogP contribution in [-0.2, 0) is 9.53 Å². The second-order valence-electron chi connectivity index (χ2n) is 5.86. The van der Waals surface area contributed by atoms with Crippen LogP contribution in [-0.4, -0.2) is 42.8 Å². The standard InChI is InChI=1S/C17H21NO5/c1-12(16(19)18-8-4-2-3-5-9-18)23-17(20)13-6-7-14-15(10-13)22-11-21-14/h6-7,10,12H,2-5,8-9,11H2,1H3. The number of rotatable bonds is 3. The van der Waals surface area contributed by atoms with E-state index < -0.39 is 12.1 Å². The molecule has 1 saturated heterocycles. The van der Waals surface area contributed by atoms with Gasteiger partial charge < -0.3 is 19.1 Å². The maximum absolute atomic E-state index is 12.4. The second-order valence-corrected chi connectivity index (χ2v) is 5.86. The summed E-state index contributed by atoms with van der Waals surface area (Å²) in [6, 6.07) is 4.85. The quantitative estimate of drug-likeness (QED) is 0.800. The summed E-state index contributed by atoms with van der Waals surface area (Å²) < 4.78 is 15.8. The third-order valence-electron chi connectivity index (χ3n) is 4.16. The number of benzene rings is 1. The van der Waals surface area contributed by atoms with Crippen molar-refractivity contribution >= 4 is 11.9 Å². The van der Waals surface area contributed by atoms with Gasteiger partial charge in [-0.3, -0.25) is 4.79 Å². The molecule has 6 heteroatoms. The SMILES string of the molecule is CC(OC(=O)c1ccc2c(c1)OCO2)C(=O)N1CCCCCC1. The molecule has 2 aliphatic rings. The van der Waals surface area contributed by atoms with Crippen LogP contribution in [0.4, 0.5) is 0 Å². The molecule has 3 rings (SSSR count). The molecule has 1 fully saturated rings. The molecule has 1 aromatic rings. The summed E-state index contributed by atoms with van der Waals surface area (Å²) in [5.41, 5.74) is 0.352. The van der Waals surface area contributed by atoms with Gasteiger partial charge >= 0.3 is 5.97 Å². The molecule has 6 nitrogen and oxygen atoms in total. The number of hydrogen-bond acceptors (Lipinski definition) is 5. The summed E-state index contributed by atoms with van der Waals surface area (Å²) in [7, 11) is 0. The van der Waals surface area contributed by atoms with Crippen molar-refractivity contribution in [2.24, 2.45) is 0 Å². The molecule has 1 unspecified atom stereocenters. The zero-order chi connectivity index (χ0) is 16.2. The van der Waals surface area contributed by atoms with Gasteiger partial charge in [0.05, 0.1) is 5.56 Å². The van der Waals surface area contributed by atoms with Crippen molar-refractivity contribution in [1.82, 2.24) is 4.90 Å². The van der Waals surface area contributed by atoms with Gasteiger partial charge in [0, 0.05) is 13.1 Å². The number of likely N-dealkylation sites (tertiary alicyclic amines) is 1. The van der Waals surface area contributed by atoms with E-state index in [9.17, 15) is 9.59 Å². The molecule has 1 atom stereocenters. The minimum atomic E-state index is -0.786. The summed E-state index contributed by atoms with van der Waals surface area (Å²) in [5.74, 6) is 0.473. The highest BCUT2D eigenvalue weighted by molar-refractivity contribution is 5.92. The molecule has 0 aromatic heterocycles. The largest absolute Gasteiger partial charge is 0.454 e. The number of fused-ring (bicyclic) bond motifs is 1. The van der Waals surface area contributed by atoms with Gasteiger partial charge in [-0.05, 0) is 38.0 Å². The number of hydrogen-bond donors (Lipinski definition) is 0. The van der Waals surface area contributed by atoms with Crippen LogP contribution in [0.25, 0.3) is 0 Å². The van der Waals surface area contributed by atoms with Gasteiger partial charge in [0.2, 0.25) is 6.79 Å². The first-order chi connectivity index (χ1) is 11.1. The maximum atomic E-state index is 12.4. The average Bonchev–Trinajstić information content (AvgIpc) is 2.86. The van der Waals surface area contributed by atoms with E-state index >= 15 is 0 Å². The Bertz CT molecular complexity index is 593. The van der Waals surface area contributed by atoms with Crippen LogP contribution < -0.4 is 9.47 Å². The van der Waals surface area contributed by atoms with E-state index in [4.69, 9.17) is 14.2 Å². The Morgan fingerprint density at radius 3 is 2.52 bits per heavy atom. The van der Waals surface area contributed by atoms with Gasteiger partial charge in [0.25, 0.3) is 5.91 Å². The Morgan fingerprint density at radius 2 is 1.78 bits per heavy atom. The number of esters is 1. The van der Waals surface area contributed by atoms with Crippen LogP contribution >= 0.6 is 0 Å². The lowest BCUT2D eigenvalue weighted by Crippen LogP contribution is -2.40. The van der Waals surface area contributed by atoms with Gasteiger partial charge in [-0.15, -0.1) is 0 Å². The first-order valence-corrected chi connectivity index (χ1v) is 8.04. The summed E-state index contributed by atoms with van der Waals surface area (Å²) >= 11 is 0. The number of ether oxygens (including phenoxy) is 3. The van der Waals surface area contributed by atoms with E-state index in [0.717, 1.165) is 38.8 Å². The number of carbonyl (C=O) groups excluding carboxylic acids is 2. The van der Waals surface area contributed by atoms with Crippen molar-refractivity contribution in [2.45, 2.75) is 38.7 Å². The zero-order valence-electron chi connectivity index (χ0n) is 13.2. The number of carbonyl (C=O) groups is 2. The topological polar surface area (TPSA) is 65.1 Å². The lowest BCUT2D eigenvalue weighted by Gasteiger charge is -2.24. The normalized spacial score (nSPS) is 18.2. The number of nitrogens with zero attached hydrogens (tertiary/aromatic N) is 1. The Morgan fingerprint density at radius 1 is 1.09 bits per heavy atom. The molecule has 1 aromatic carbocycles. The van der Waals surface area contributed by atoms with E-state index in [2.05, 4.69) is 0 Å². The second kappa shape index (κ2) is 6.89. The summed E-state index contributed by atoms with van der Waals surface area (Å²) in [6.45, 7) is 3.26. The van der Waals surface area contributed by atoms with Gasteiger partial charge in [0.15, 0.2) is 17.6 Å². The molecule has 0 aliphatic carbocycles. The Balaban J connectivity index is 1.61. The van der Waals surface area contributed by atoms with Crippen molar-refractivity contribution in [1.29, 1.82) is 0 Å². The Kier molecular flexibility index (Phi) is 4.69. The fourth-order valence-corrected chi connectivity index (χ4v) is 2.85. The molecule has 0 spiro atoms. The van der Waals surface area contributed by atoms with Gasteiger partial charge in [-0.2, -0.15) is 0 Å². The average molecular weight is 319 g/mol. The van der Waals surface area contributed by atoms with E-state index in [1.54, 1.807) is 30.0 Å². The van der Waals surface area contributed by atoms with Crippen molar-refractivity contribution in [3.05, 3.63) is 23.8 Å². The van der Waals surface area contributed by atoms with E-state index in [1.807, 2.05) is 0 Å². The third-order valence-corrected chi connectivity index (χ3v) is 4.16. The number of amides is 1. The van der Waals surface area contributed by atoms with Crippen LogP contribution in [0.15, 0.2) is 18.2 Å². The van der Waals surface area contributed by atoms with Crippen LogP contribution in [0.3, 0.4) is 0 Å². The molecule has 23 heavy (non-hydrogen) atoms. The van der Waals surface area contributed by atoms with Crippen LogP contribution in [0, 0.1) is 0 Å². The minimum absolute atomic E-state index is 0.124. The van der Waals surface area contributed by atoms with Gasteiger partial charge in [0.1, 0.15) is 0 Å². The van der Waals surface area contributed by atoms with Crippen molar-refractivity contribution < 1.29 is 23.8 Å². The van der Waals surface area contributed by atoms with Crippen molar-refractivity contribution in [3.8, 4) is 11.5 Å². The highest BCUT2D eigenvalue weighted by Crippen LogP contribution is 2.32. The summed E-state index contributed by atoms with van der Waals surface area (Å²) in [6.07, 6.45) is 3.53. The molecule has 0 N–H and O–H groups in total. The lowest BCUT2D eigenvalue weighted by atomic mass is 10.2. The Labute approximate surface area is 135 Å². The molecular formula is C17H21NO5. The highest BCUT2D eigenvalue weighted by Gasteiger charge is 2.25. The van der Waals surface area contributed by atoms with Crippen LogP contribution in [0.1, 0.15) is 43.0 Å². The zero-order valence-corrected chi connectivity index (χ0v) is 13.2. The Hall–Kier alpha value is -2.24. The summed E-state index contributed by atoms with van der Waals surface area (Å²) in [5, 5.41) is 0. The van der Waals surface area contributed by atoms with Crippen LogP contribution in [0.5, 0.6) is 11.5 Å². The van der Waals surface area contributed by atoms with Gasteiger partial charge in [-0.1, -0.05) is 12.8 Å². The predicted molar refractivity (Wildman–Crippen MR) is 82.5 cm³/mol. The predicted octanol–water partition coefficient (Wildman–Crippen LogP) is 2.36. The molecule has 0 saturated carbocycles. The molecule has 1 amide bonds. The highest BCUT2D eigenvalue weighted by atomic mass is 16.7. The first kappa shape index (κ1) is 15.6. The molecule has 0 radical (unpaired) electrons. The molecule has 124 valence electrons. The van der Waals surface area contributed by atoms with E-state index in [0.29, 0.717) is 17.1 Å². The maximum Gasteiger partial charge on any atom is 0.339 e. The molecule has 0 bridgehead atoms. The molecule has 2 aliphatic heterocycles. The fourth-order valence-electron chi connectivity index (χ4n) is 2.85. The smallest absolute Gasteiger partial charge is 0.339 e. The first-order valence-electron chi connectivity index (χ1n) is 8.04. The minimum Gasteiger partial charge on any atom is -0.454 e. The van der Waals surface area contributed by atoms with E-state index in [1.165, 1.54) is 0 Å². The monoisotopic (exact) mass is 319 g/mol. The summed E-state index contributed by atoms with van der Waals surface area (Å²) in [4.78, 5) is 26.4. The fraction of sp³-hybridized carbons (Fsp3) is 0.529.